The van der Waals surface area contributed by atoms with E-state index in [4.69, 9.17) is 0 Å². The number of hydrogen-bond donors (Lipinski definition) is 1. The van der Waals surface area contributed by atoms with Crippen LogP contribution in [0.4, 0.5) is 0 Å². The van der Waals surface area contributed by atoms with Gasteiger partial charge in [-0.2, -0.15) is 0 Å². The van der Waals surface area contributed by atoms with E-state index in [-0.39, 0.29) is 5.91 Å². The monoisotopic (exact) mass is 326 g/mol. The van der Waals surface area contributed by atoms with Crippen LogP contribution in [0, 0.1) is 17.8 Å². The topological polar surface area (TPSA) is 43.8 Å². The molecule has 2 atom stereocenters. The Hall–Kier alpha value is -1.83. The molecule has 0 spiro atoms. The maximum Gasteiger partial charge on any atom is 0.254 e. The Morgan fingerprint density at radius 3 is 2.54 bits per heavy atom. The van der Waals surface area contributed by atoms with E-state index in [1.54, 1.807) is 13.8 Å². The highest BCUT2D eigenvalue weighted by Crippen LogP contribution is 2.28. The highest BCUT2D eigenvalue weighted by molar-refractivity contribution is 5.94. The van der Waals surface area contributed by atoms with Gasteiger partial charge >= 0.3 is 0 Å². The number of benzene rings is 1. The largest absolute Gasteiger partial charge is 0.378 e. The van der Waals surface area contributed by atoms with Crippen LogP contribution < -0.4 is 0 Å². The minimum atomic E-state index is -1.01. The SMILES string of the molecule is CN1CC2CCC(C1)N(C(=O)c1ccc(C#CC(C)(C)O)cc1)C2. The van der Waals surface area contributed by atoms with E-state index in [2.05, 4.69) is 28.7 Å². The number of likely N-dealkylation sites (N-methyl/N-ethyl adjacent to an activating group) is 1. The third kappa shape index (κ3) is 3.98. The predicted octanol–water partition coefficient (Wildman–Crippen LogP) is 1.98. The van der Waals surface area contributed by atoms with Crippen LogP contribution in [0.5, 0.6) is 0 Å². The van der Waals surface area contributed by atoms with E-state index in [0.29, 0.717) is 12.0 Å². The Bertz CT molecular complexity index is 664. The molecule has 0 aliphatic carbocycles. The summed E-state index contributed by atoms with van der Waals surface area (Å²) in [5.41, 5.74) is 0.524. The first-order valence-electron chi connectivity index (χ1n) is 8.67. The van der Waals surface area contributed by atoms with Crippen molar-refractivity contribution in [2.75, 3.05) is 26.7 Å². The normalized spacial score (nSPS) is 24.2. The number of carbonyl (C=O) groups excluding carboxylic acids is 1. The van der Waals surface area contributed by atoms with Crippen LogP contribution in [-0.4, -0.2) is 59.1 Å². The number of amides is 1. The Balaban J connectivity index is 1.74. The van der Waals surface area contributed by atoms with Gasteiger partial charge in [0.2, 0.25) is 0 Å². The highest BCUT2D eigenvalue weighted by atomic mass is 16.3. The van der Waals surface area contributed by atoms with E-state index in [1.807, 2.05) is 24.3 Å². The summed E-state index contributed by atoms with van der Waals surface area (Å²) in [5.74, 6) is 6.45. The Labute approximate surface area is 144 Å². The summed E-state index contributed by atoms with van der Waals surface area (Å²) in [5, 5.41) is 9.66. The van der Waals surface area contributed by atoms with Crippen molar-refractivity contribution in [3.05, 3.63) is 35.4 Å². The molecular weight excluding hydrogens is 300 g/mol. The number of fused-ring (bicyclic) bond motifs is 4. The fourth-order valence-electron chi connectivity index (χ4n) is 3.65. The zero-order valence-electron chi connectivity index (χ0n) is 14.7. The van der Waals surface area contributed by atoms with Crippen molar-refractivity contribution in [1.82, 2.24) is 9.80 Å². The average molecular weight is 326 g/mol. The average Bonchev–Trinajstić information content (AvgIpc) is 2.81. The molecule has 0 radical (unpaired) electrons. The minimum Gasteiger partial charge on any atom is -0.378 e. The Morgan fingerprint density at radius 1 is 1.17 bits per heavy atom. The van der Waals surface area contributed by atoms with Crippen LogP contribution in [0.1, 0.15) is 42.6 Å². The van der Waals surface area contributed by atoms with Gasteiger partial charge < -0.3 is 14.9 Å². The van der Waals surface area contributed by atoms with Crippen molar-refractivity contribution >= 4 is 5.91 Å². The first kappa shape index (κ1) is 17.0. The number of nitrogens with zero attached hydrogens (tertiary/aromatic N) is 2. The summed E-state index contributed by atoms with van der Waals surface area (Å²) in [4.78, 5) is 17.3. The molecule has 0 saturated carbocycles. The molecule has 3 aliphatic heterocycles. The fourth-order valence-corrected chi connectivity index (χ4v) is 3.65. The predicted molar refractivity (Wildman–Crippen MR) is 94.7 cm³/mol. The van der Waals surface area contributed by atoms with Crippen molar-refractivity contribution in [3.8, 4) is 11.8 Å². The first-order valence-corrected chi connectivity index (χ1v) is 8.67. The van der Waals surface area contributed by atoms with Crippen LogP contribution >= 0.6 is 0 Å². The van der Waals surface area contributed by atoms with Crippen LogP contribution in [-0.2, 0) is 0 Å². The molecule has 4 rings (SSSR count). The molecule has 0 aromatic heterocycles. The third-order valence-electron chi connectivity index (χ3n) is 4.80. The van der Waals surface area contributed by atoms with Gasteiger partial charge in [-0.05, 0) is 63.9 Å². The van der Waals surface area contributed by atoms with Crippen LogP contribution in [0.3, 0.4) is 0 Å². The highest BCUT2D eigenvalue weighted by Gasteiger charge is 2.36. The molecule has 4 nitrogen and oxygen atoms in total. The van der Waals surface area contributed by atoms with Crippen molar-refractivity contribution in [2.45, 2.75) is 38.3 Å². The molecule has 3 fully saturated rings. The van der Waals surface area contributed by atoms with Crippen LogP contribution in [0.25, 0.3) is 0 Å². The Kier molecular flexibility index (Phi) is 4.67. The summed E-state index contributed by atoms with van der Waals surface area (Å²) >= 11 is 0. The van der Waals surface area contributed by atoms with E-state index >= 15 is 0 Å². The minimum absolute atomic E-state index is 0.127. The number of rotatable bonds is 1. The molecule has 1 aromatic rings. The lowest BCUT2D eigenvalue weighted by atomic mass is 9.94. The van der Waals surface area contributed by atoms with Crippen molar-refractivity contribution < 1.29 is 9.90 Å². The summed E-state index contributed by atoms with van der Waals surface area (Å²) in [6.07, 6.45) is 2.33. The molecule has 4 heteroatoms. The standard InChI is InChI=1S/C20H26N2O2/c1-20(2,24)11-10-15-4-7-17(8-5-15)19(23)22-13-16-6-9-18(22)14-21(3)12-16/h4-5,7-8,16,18,24H,6,9,12-14H2,1-3H3. The lowest BCUT2D eigenvalue weighted by Crippen LogP contribution is -2.47. The van der Waals surface area contributed by atoms with Gasteiger partial charge in [0.15, 0.2) is 0 Å². The maximum atomic E-state index is 12.9. The summed E-state index contributed by atoms with van der Waals surface area (Å²) in [6, 6.07) is 7.73. The number of piperidine rings is 1. The molecule has 1 N–H and O–H groups in total. The number of aliphatic hydroxyl groups is 1. The van der Waals surface area contributed by atoms with Gasteiger partial charge in [-0.3, -0.25) is 4.79 Å². The Morgan fingerprint density at radius 2 is 1.88 bits per heavy atom. The van der Waals surface area contributed by atoms with Crippen LogP contribution in [0.2, 0.25) is 0 Å². The summed E-state index contributed by atoms with van der Waals surface area (Å²) in [6.45, 7) is 6.24. The zero-order valence-corrected chi connectivity index (χ0v) is 14.7. The molecule has 24 heavy (non-hydrogen) atoms. The van der Waals surface area contributed by atoms with E-state index in [0.717, 1.165) is 37.2 Å². The summed E-state index contributed by atoms with van der Waals surface area (Å²) in [7, 11) is 2.15. The van der Waals surface area contributed by atoms with E-state index in [1.165, 1.54) is 6.42 Å². The molecule has 128 valence electrons. The molecule has 3 saturated heterocycles. The van der Waals surface area contributed by atoms with Crippen molar-refractivity contribution in [1.29, 1.82) is 0 Å². The lowest BCUT2D eigenvalue weighted by molar-refractivity contribution is 0.0587. The molecular formula is C20H26N2O2. The molecule has 3 aliphatic rings. The van der Waals surface area contributed by atoms with Gasteiger partial charge in [0, 0.05) is 36.8 Å². The van der Waals surface area contributed by atoms with Gasteiger partial charge in [0.25, 0.3) is 5.91 Å². The number of carbonyl (C=O) groups is 1. The van der Waals surface area contributed by atoms with E-state index < -0.39 is 5.60 Å². The lowest BCUT2D eigenvalue weighted by Gasteiger charge is -2.36. The molecule has 3 heterocycles. The third-order valence-corrected chi connectivity index (χ3v) is 4.80. The quantitative estimate of drug-likeness (QED) is 0.803. The first-order chi connectivity index (χ1) is 11.3. The number of hydrogen-bond acceptors (Lipinski definition) is 3. The van der Waals surface area contributed by atoms with Crippen molar-refractivity contribution in [3.63, 3.8) is 0 Å². The molecule has 2 unspecified atom stereocenters. The fraction of sp³-hybridized carbons (Fsp3) is 0.550. The van der Waals surface area contributed by atoms with Crippen LogP contribution in [0.15, 0.2) is 24.3 Å². The second-order valence-electron chi connectivity index (χ2n) is 7.66. The van der Waals surface area contributed by atoms with Crippen molar-refractivity contribution in [2.24, 2.45) is 5.92 Å². The van der Waals surface area contributed by atoms with Gasteiger partial charge in [-0.15, -0.1) is 0 Å². The molecule has 1 amide bonds. The molecule has 2 bridgehead atoms. The molecule has 1 aromatic carbocycles. The maximum absolute atomic E-state index is 12.9. The second-order valence-corrected chi connectivity index (χ2v) is 7.66. The second kappa shape index (κ2) is 6.58. The van der Waals surface area contributed by atoms with Gasteiger partial charge in [0.1, 0.15) is 5.60 Å². The van der Waals surface area contributed by atoms with Gasteiger partial charge in [-0.25, -0.2) is 0 Å². The van der Waals surface area contributed by atoms with Gasteiger partial charge in [-0.1, -0.05) is 11.8 Å². The zero-order chi connectivity index (χ0) is 17.3. The van der Waals surface area contributed by atoms with Gasteiger partial charge in [0.05, 0.1) is 0 Å². The smallest absolute Gasteiger partial charge is 0.254 e. The summed E-state index contributed by atoms with van der Waals surface area (Å²) < 4.78 is 0. The van der Waals surface area contributed by atoms with E-state index in [9.17, 15) is 9.90 Å².